The van der Waals surface area contributed by atoms with Crippen LogP contribution in [0, 0.1) is 0 Å². The Balaban J connectivity index is 1.90. The SMILES string of the molecule is CC(C)(C)OC(=O)N1CCC[C@H](n2c(=O)[nH]c3cc(Cl)c(Cl)cc32)C1. The molecule has 0 spiro atoms. The average Bonchev–Trinajstić information content (AvgIpc) is 2.81. The number of carbonyl (C=O) groups is 1. The van der Waals surface area contributed by atoms with Gasteiger partial charge in [0.2, 0.25) is 0 Å². The number of H-pyrrole nitrogens is 1. The van der Waals surface area contributed by atoms with E-state index in [9.17, 15) is 9.59 Å². The van der Waals surface area contributed by atoms with Crippen molar-refractivity contribution in [3.8, 4) is 0 Å². The van der Waals surface area contributed by atoms with E-state index in [1.165, 1.54) is 0 Å². The van der Waals surface area contributed by atoms with Gasteiger partial charge in [0.05, 0.1) is 27.1 Å². The van der Waals surface area contributed by atoms with Crippen molar-refractivity contribution >= 4 is 40.3 Å². The molecule has 1 aromatic carbocycles. The van der Waals surface area contributed by atoms with Crippen molar-refractivity contribution in [1.82, 2.24) is 14.5 Å². The first-order chi connectivity index (χ1) is 11.7. The molecule has 2 heterocycles. The van der Waals surface area contributed by atoms with E-state index >= 15 is 0 Å². The van der Waals surface area contributed by atoms with Gasteiger partial charge in [-0.15, -0.1) is 0 Å². The third-order valence-corrected chi connectivity index (χ3v) is 4.89. The Morgan fingerprint density at radius 3 is 2.64 bits per heavy atom. The van der Waals surface area contributed by atoms with E-state index in [0.717, 1.165) is 12.8 Å². The smallest absolute Gasteiger partial charge is 0.410 e. The van der Waals surface area contributed by atoms with Gasteiger partial charge in [-0.05, 0) is 45.7 Å². The molecular weight excluding hydrogens is 365 g/mol. The molecule has 0 bridgehead atoms. The van der Waals surface area contributed by atoms with Gasteiger partial charge in [0.25, 0.3) is 0 Å². The van der Waals surface area contributed by atoms with Crippen LogP contribution in [0.25, 0.3) is 11.0 Å². The number of rotatable bonds is 1. The minimum Gasteiger partial charge on any atom is -0.444 e. The lowest BCUT2D eigenvalue weighted by molar-refractivity contribution is 0.0173. The molecule has 1 atom stereocenters. The number of aromatic amines is 1. The summed E-state index contributed by atoms with van der Waals surface area (Å²) in [4.78, 5) is 29.3. The number of aromatic nitrogens is 2. The van der Waals surface area contributed by atoms with Crippen LogP contribution in [0.15, 0.2) is 16.9 Å². The van der Waals surface area contributed by atoms with Gasteiger partial charge in [-0.25, -0.2) is 9.59 Å². The minimum atomic E-state index is -0.550. The number of amides is 1. The molecule has 2 aromatic rings. The van der Waals surface area contributed by atoms with E-state index in [1.807, 2.05) is 20.8 Å². The summed E-state index contributed by atoms with van der Waals surface area (Å²) in [6, 6.07) is 3.19. The van der Waals surface area contributed by atoms with Crippen LogP contribution in [-0.4, -0.2) is 39.2 Å². The van der Waals surface area contributed by atoms with Crippen LogP contribution in [0.5, 0.6) is 0 Å². The standard InChI is InChI=1S/C17H21Cl2N3O3/c1-17(2,3)25-16(24)21-6-4-5-10(9-21)22-14-8-12(19)11(18)7-13(14)20-15(22)23/h7-8,10H,4-6,9H2,1-3H3,(H,20,23)/t10-/m0/s1. The largest absolute Gasteiger partial charge is 0.444 e. The fraction of sp³-hybridized carbons (Fsp3) is 0.529. The Morgan fingerprint density at radius 1 is 1.28 bits per heavy atom. The lowest BCUT2D eigenvalue weighted by Crippen LogP contribution is -2.44. The first-order valence-electron chi connectivity index (χ1n) is 8.23. The fourth-order valence-corrected chi connectivity index (χ4v) is 3.46. The zero-order chi connectivity index (χ0) is 18.4. The quantitative estimate of drug-likeness (QED) is 0.799. The maximum Gasteiger partial charge on any atom is 0.410 e. The molecule has 0 radical (unpaired) electrons. The summed E-state index contributed by atoms with van der Waals surface area (Å²) in [5, 5.41) is 0.781. The Bertz CT molecular complexity index is 866. The third kappa shape index (κ3) is 3.80. The van der Waals surface area contributed by atoms with Gasteiger partial charge in [0.1, 0.15) is 5.60 Å². The minimum absolute atomic E-state index is 0.139. The zero-order valence-electron chi connectivity index (χ0n) is 14.4. The number of imidazole rings is 1. The molecule has 1 aliphatic heterocycles. The van der Waals surface area contributed by atoms with Crippen molar-refractivity contribution in [2.75, 3.05) is 13.1 Å². The Morgan fingerprint density at radius 2 is 1.96 bits per heavy atom. The third-order valence-electron chi connectivity index (χ3n) is 4.17. The predicted molar refractivity (Wildman–Crippen MR) is 98.7 cm³/mol. The first kappa shape index (κ1) is 18.1. The molecule has 1 saturated heterocycles. The number of likely N-dealkylation sites (tertiary alicyclic amines) is 1. The molecule has 3 rings (SSSR count). The number of nitrogens with one attached hydrogen (secondary N) is 1. The highest BCUT2D eigenvalue weighted by Crippen LogP contribution is 2.30. The molecule has 8 heteroatoms. The molecule has 25 heavy (non-hydrogen) atoms. The zero-order valence-corrected chi connectivity index (χ0v) is 15.9. The molecule has 0 unspecified atom stereocenters. The molecule has 6 nitrogen and oxygen atoms in total. The number of fused-ring (bicyclic) bond motifs is 1. The van der Waals surface area contributed by atoms with E-state index in [0.29, 0.717) is 34.2 Å². The van der Waals surface area contributed by atoms with Gasteiger partial charge < -0.3 is 14.6 Å². The van der Waals surface area contributed by atoms with E-state index in [4.69, 9.17) is 27.9 Å². The highest BCUT2D eigenvalue weighted by Gasteiger charge is 2.30. The van der Waals surface area contributed by atoms with Gasteiger partial charge in [0, 0.05) is 13.1 Å². The van der Waals surface area contributed by atoms with Crippen LogP contribution in [0.2, 0.25) is 10.0 Å². The number of carbonyl (C=O) groups excluding carboxylic acids is 1. The second-order valence-corrected chi connectivity index (χ2v) is 8.12. The van der Waals surface area contributed by atoms with E-state index in [2.05, 4.69) is 4.98 Å². The summed E-state index contributed by atoms with van der Waals surface area (Å²) in [6.07, 6.45) is 1.24. The monoisotopic (exact) mass is 385 g/mol. The summed E-state index contributed by atoms with van der Waals surface area (Å²) in [5.74, 6) is 0. The van der Waals surface area contributed by atoms with E-state index in [1.54, 1.807) is 21.6 Å². The molecule has 1 fully saturated rings. The van der Waals surface area contributed by atoms with Crippen LogP contribution in [0.4, 0.5) is 4.79 Å². The maximum atomic E-state index is 12.5. The predicted octanol–water partition coefficient (Wildman–Crippen LogP) is 4.21. The summed E-state index contributed by atoms with van der Waals surface area (Å²) >= 11 is 12.1. The topological polar surface area (TPSA) is 67.3 Å². The highest BCUT2D eigenvalue weighted by molar-refractivity contribution is 6.42. The van der Waals surface area contributed by atoms with Crippen LogP contribution in [0.1, 0.15) is 39.7 Å². The molecule has 1 aromatic heterocycles. The van der Waals surface area contributed by atoms with Crippen LogP contribution >= 0.6 is 23.2 Å². The Labute approximate surface area is 155 Å². The molecule has 136 valence electrons. The van der Waals surface area contributed by atoms with Crippen molar-refractivity contribution in [3.63, 3.8) is 0 Å². The van der Waals surface area contributed by atoms with Gasteiger partial charge in [-0.2, -0.15) is 0 Å². The number of hydrogen-bond donors (Lipinski definition) is 1. The maximum absolute atomic E-state index is 12.5. The van der Waals surface area contributed by atoms with Gasteiger partial charge in [-0.3, -0.25) is 4.57 Å². The van der Waals surface area contributed by atoms with Crippen LogP contribution in [-0.2, 0) is 4.74 Å². The van der Waals surface area contributed by atoms with Crippen molar-refractivity contribution in [3.05, 3.63) is 32.7 Å². The lowest BCUT2D eigenvalue weighted by Gasteiger charge is -2.34. The molecule has 1 aliphatic rings. The van der Waals surface area contributed by atoms with Crippen molar-refractivity contribution in [1.29, 1.82) is 0 Å². The highest BCUT2D eigenvalue weighted by atomic mass is 35.5. The van der Waals surface area contributed by atoms with Crippen molar-refractivity contribution in [2.45, 2.75) is 45.3 Å². The van der Waals surface area contributed by atoms with E-state index in [-0.39, 0.29) is 17.8 Å². The van der Waals surface area contributed by atoms with Gasteiger partial charge in [0.15, 0.2) is 0 Å². The molecule has 1 N–H and O–H groups in total. The summed E-state index contributed by atoms with van der Waals surface area (Å²) in [6.45, 7) is 6.55. The average molecular weight is 386 g/mol. The second kappa shape index (κ2) is 6.57. The first-order valence-corrected chi connectivity index (χ1v) is 8.98. The molecular formula is C17H21Cl2N3O3. The summed E-state index contributed by atoms with van der Waals surface area (Å²) in [5.41, 5.74) is 0.542. The van der Waals surface area contributed by atoms with Crippen LogP contribution in [0.3, 0.4) is 0 Å². The van der Waals surface area contributed by atoms with Gasteiger partial charge in [-0.1, -0.05) is 23.2 Å². The van der Waals surface area contributed by atoms with Crippen LogP contribution < -0.4 is 5.69 Å². The molecule has 0 aliphatic carbocycles. The number of ether oxygens (including phenoxy) is 1. The number of benzene rings is 1. The van der Waals surface area contributed by atoms with Crippen molar-refractivity contribution in [2.24, 2.45) is 0 Å². The van der Waals surface area contributed by atoms with Gasteiger partial charge >= 0.3 is 11.8 Å². The number of halogens is 2. The number of nitrogens with zero attached hydrogens (tertiary/aromatic N) is 2. The lowest BCUT2D eigenvalue weighted by atomic mass is 10.1. The molecule has 1 amide bonds. The normalized spacial score (nSPS) is 18.6. The van der Waals surface area contributed by atoms with Crippen molar-refractivity contribution < 1.29 is 9.53 Å². The number of piperidine rings is 1. The number of hydrogen-bond acceptors (Lipinski definition) is 3. The van der Waals surface area contributed by atoms with E-state index < -0.39 is 5.60 Å². The fourth-order valence-electron chi connectivity index (χ4n) is 3.14. The summed E-state index contributed by atoms with van der Waals surface area (Å²) < 4.78 is 7.11. The second-order valence-electron chi connectivity index (χ2n) is 7.31. The molecule has 0 saturated carbocycles. The Hall–Kier alpha value is -1.66. The summed E-state index contributed by atoms with van der Waals surface area (Å²) in [7, 11) is 0. The Kier molecular flexibility index (Phi) is 4.77.